The largest absolute Gasteiger partial charge is 0.481 e. The van der Waals surface area contributed by atoms with Gasteiger partial charge in [0.05, 0.1) is 0 Å². The lowest BCUT2D eigenvalue weighted by atomic mass is 10.0. The van der Waals surface area contributed by atoms with Crippen molar-refractivity contribution in [3.63, 3.8) is 0 Å². The molecule has 1 aliphatic rings. The van der Waals surface area contributed by atoms with Crippen LogP contribution in [-0.4, -0.2) is 29.7 Å². The second kappa shape index (κ2) is 7.49. The summed E-state index contributed by atoms with van der Waals surface area (Å²) >= 11 is 0. The molecule has 2 rings (SSSR count). The van der Waals surface area contributed by atoms with Crippen molar-refractivity contribution in [2.75, 3.05) is 6.54 Å². The van der Waals surface area contributed by atoms with Crippen LogP contribution in [0.3, 0.4) is 0 Å². The maximum atomic E-state index is 12.1. The Morgan fingerprint density at radius 3 is 2.52 bits per heavy atom. The number of hydrogen-bond donors (Lipinski definition) is 3. The first-order chi connectivity index (χ1) is 10.9. The van der Waals surface area contributed by atoms with Gasteiger partial charge in [-0.15, -0.1) is 0 Å². The fourth-order valence-corrected chi connectivity index (χ4v) is 2.80. The van der Waals surface area contributed by atoms with Gasteiger partial charge in [0.2, 0.25) is 0 Å². The number of carboxylic acid groups (broad SMARTS) is 1. The Kier molecular flexibility index (Phi) is 5.64. The van der Waals surface area contributed by atoms with Crippen LogP contribution in [0.1, 0.15) is 38.7 Å². The first-order valence-corrected chi connectivity index (χ1v) is 8.17. The van der Waals surface area contributed by atoms with Crippen LogP contribution in [0, 0.1) is 11.3 Å². The average molecular weight is 318 g/mol. The number of hydrogen-bond acceptors (Lipinski definition) is 2. The Bertz CT molecular complexity index is 542. The molecule has 5 heteroatoms. The molecule has 1 aromatic carbocycles. The van der Waals surface area contributed by atoms with Gasteiger partial charge < -0.3 is 15.7 Å². The average Bonchev–Trinajstić information content (AvgIpc) is 3.11. The molecule has 2 amide bonds. The molecule has 126 valence electrons. The van der Waals surface area contributed by atoms with Gasteiger partial charge in [0.1, 0.15) is 0 Å². The highest BCUT2D eigenvalue weighted by Gasteiger charge is 2.45. The summed E-state index contributed by atoms with van der Waals surface area (Å²) in [7, 11) is 0. The number of urea groups is 1. The van der Waals surface area contributed by atoms with Gasteiger partial charge in [-0.05, 0) is 36.2 Å². The first-order valence-electron chi connectivity index (χ1n) is 8.17. The lowest BCUT2D eigenvalue weighted by Gasteiger charge is -2.19. The molecule has 2 atom stereocenters. The molecule has 23 heavy (non-hydrogen) atoms. The first kappa shape index (κ1) is 17.3. The maximum Gasteiger partial charge on any atom is 0.315 e. The normalized spacial score (nSPS) is 19.7. The van der Waals surface area contributed by atoms with Gasteiger partial charge in [-0.2, -0.15) is 0 Å². The van der Waals surface area contributed by atoms with Gasteiger partial charge in [0.25, 0.3) is 0 Å². The van der Waals surface area contributed by atoms with E-state index in [9.17, 15) is 9.59 Å². The fraction of sp³-hybridized carbons (Fsp3) is 0.556. The molecule has 0 bridgehead atoms. The molecular weight excluding hydrogens is 292 g/mol. The Labute approximate surface area is 137 Å². The topological polar surface area (TPSA) is 78.4 Å². The predicted octanol–water partition coefficient (Wildman–Crippen LogP) is 2.81. The number of carbonyl (C=O) groups is 2. The van der Waals surface area contributed by atoms with E-state index in [2.05, 4.69) is 24.5 Å². The summed E-state index contributed by atoms with van der Waals surface area (Å²) in [4.78, 5) is 22.9. The van der Waals surface area contributed by atoms with Crippen molar-refractivity contribution in [1.82, 2.24) is 10.6 Å². The Morgan fingerprint density at radius 1 is 1.30 bits per heavy atom. The van der Waals surface area contributed by atoms with Crippen molar-refractivity contribution in [3.8, 4) is 0 Å². The summed E-state index contributed by atoms with van der Waals surface area (Å²) in [5.41, 5.74) is 1.42. The SMILES string of the molecule is CC1(C)CC1CNC(=O)NC(CCC(=O)O)Cc1ccccc1. The second-order valence-corrected chi connectivity index (χ2v) is 7.06. The minimum Gasteiger partial charge on any atom is -0.481 e. The van der Waals surface area contributed by atoms with E-state index in [0.717, 1.165) is 12.0 Å². The van der Waals surface area contributed by atoms with Gasteiger partial charge in [0.15, 0.2) is 0 Å². The van der Waals surface area contributed by atoms with Crippen LogP contribution in [0.25, 0.3) is 0 Å². The molecule has 0 radical (unpaired) electrons. The number of carbonyl (C=O) groups excluding carboxylic acids is 1. The molecular formula is C18H26N2O3. The van der Waals surface area contributed by atoms with E-state index in [0.29, 0.717) is 30.7 Å². The van der Waals surface area contributed by atoms with Crippen LogP contribution >= 0.6 is 0 Å². The van der Waals surface area contributed by atoms with Crippen molar-refractivity contribution in [2.45, 2.75) is 45.6 Å². The monoisotopic (exact) mass is 318 g/mol. The molecule has 1 fully saturated rings. The second-order valence-electron chi connectivity index (χ2n) is 7.06. The molecule has 0 saturated heterocycles. The van der Waals surface area contributed by atoms with Gasteiger partial charge in [-0.1, -0.05) is 44.2 Å². The summed E-state index contributed by atoms with van der Waals surface area (Å²) in [6.45, 7) is 5.07. The van der Waals surface area contributed by atoms with Gasteiger partial charge in [-0.3, -0.25) is 4.79 Å². The van der Waals surface area contributed by atoms with Crippen LogP contribution in [-0.2, 0) is 11.2 Å². The van der Waals surface area contributed by atoms with E-state index in [-0.39, 0.29) is 18.5 Å². The zero-order valence-corrected chi connectivity index (χ0v) is 13.8. The van der Waals surface area contributed by atoms with Crippen molar-refractivity contribution in [3.05, 3.63) is 35.9 Å². The molecule has 1 aromatic rings. The summed E-state index contributed by atoms with van der Waals surface area (Å²) in [5.74, 6) is -0.301. The molecule has 1 saturated carbocycles. The highest BCUT2D eigenvalue weighted by molar-refractivity contribution is 5.74. The van der Waals surface area contributed by atoms with E-state index >= 15 is 0 Å². The van der Waals surface area contributed by atoms with Crippen molar-refractivity contribution < 1.29 is 14.7 Å². The molecule has 0 aromatic heterocycles. The molecule has 0 spiro atoms. The maximum absolute atomic E-state index is 12.1. The van der Waals surface area contributed by atoms with Crippen LogP contribution in [0.5, 0.6) is 0 Å². The summed E-state index contributed by atoms with van der Waals surface area (Å²) in [6.07, 6.45) is 2.25. The number of nitrogens with one attached hydrogen (secondary N) is 2. The third-order valence-electron chi connectivity index (χ3n) is 4.59. The molecule has 0 heterocycles. The number of rotatable bonds is 8. The van der Waals surface area contributed by atoms with Crippen LogP contribution in [0.2, 0.25) is 0 Å². The smallest absolute Gasteiger partial charge is 0.315 e. The van der Waals surface area contributed by atoms with Crippen molar-refractivity contribution >= 4 is 12.0 Å². The van der Waals surface area contributed by atoms with E-state index in [1.807, 2.05) is 30.3 Å². The highest BCUT2D eigenvalue weighted by atomic mass is 16.4. The van der Waals surface area contributed by atoms with E-state index in [1.165, 1.54) is 0 Å². The third kappa shape index (κ3) is 5.93. The molecule has 5 nitrogen and oxygen atoms in total. The Hall–Kier alpha value is -2.04. The minimum absolute atomic E-state index is 0.0490. The predicted molar refractivity (Wildman–Crippen MR) is 89.2 cm³/mol. The summed E-state index contributed by atoms with van der Waals surface area (Å²) in [6, 6.07) is 9.41. The van der Waals surface area contributed by atoms with Crippen LogP contribution in [0.4, 0.5) is 4.79 Å². The molecule has 0 aliphatic heterocycles. The number of aliphatic carboxylic acids is 1. The lowest BCUT2D eigenvalue weighted by Crippen LogP contribution is -2.44. The van der Waals surface area contributed by atoms with Crippen molar-refractivity contribution in [1.29, 1.82) is 0 Å². The van der Waals surface area contributed by atoms with Crippen LogP contribution in [0.15, 0.2) is 30.3 Å². The Balaban J connectivity index is 1.83. The summed E-state index contributed by atoms with van der Waals surface area (Å²) in [5, 5.41) is 14.7. The fourth-order valence-electron chi connectivity index (χ4n) is 2.80. The van der Waals surface area contributed by atoms with E-state index < -0.39 is 5.97 Å². The minimum atomic E-state index is -0.843. The van der Waals surface area contributed by atoms with Crippen LogP contribution < -0.4 is 10.6 Å². The summed E-state index contributed by atoms with van der Waals surface area (Å²) < 4.78 is 0. The number of benzene rings is 1. The third-order valence-corrected chi connectivity index (χ3v) is 4.59. The zero-order valence-electron chi connectivity index (χ0n) is 13.8. The van der Waals surface area contributed by atoms with E-state index in [1.54, 1.807) is 0 Å². The van der Waals surface area contributed by atoms with Gasteiger partial charge >= 0.3 is 12.0 Å². The zero-order chi connectivity index (χ0) is 16.9. The standard InChI is InChI=1S/C18H26N2O3/c1-18(2)11-14(18)12-19-17(23)20-15(8-9-16(21)22)10-13-6-4-3-5-7-13/h3-7,14-15H,8-12H2,1-2H3,(H,21,22)(H2,19,20,23). The quantitative estimate of drug-likeness (QED) is 0.689. The van der Waals surface area contributed by atoms with Gasteiger partial charge in [-0.25, -0.2) is 4.79 Å². The molecule has 2 unspecified atom stereocenters. The van der Waals surface area contributed by atoms with Gasteiger partial charge in [0, 0.05) is 19.0 Å². The lowest BCUT2D eigenvalue weighted by molar-refractivity contribution is -0.137. The Morgan fingerprint density at radius 2 is 1.96 bits per heavy atom. The van der Waals surface area contributed by atoms with E-state index in [4.69, 9.17) is 5.11 Å². The number of carboxylic acids is 1. The number of amides is 2. The highest BCUT2D eigenvalue weighted by Crippen LogP contribution is 2.50. The molecule has 3 N–H and O–H groups in total. The molecule has 1 aliphatic carbocycles. The van der Waals surface area contributed by atoms with Crippen molar-refractivity contribution in [2.24, 2.45) is 11.3 Å².